The van der Waals surface area contributed by atoms with E-state index in [0.717, 1.165) is 91.3 Å². The Morgan fingerprint density at radius 2 is 1.67 bits per heavy atom. The van der Waals surface area contributed by atoms with Crippen LogP contribution in [-0.4, -0.2) is 121 Å². The molecule has 4 aliphatic heterocycles. The van der Waals surface area contributed by atoms with Gasteiger partial charge in [-0.2, -0.15) is 11.8 Å². The fourth-order valence-corrected chi connectivity index (χ4v) is 8.55. The molecular formula is C38H47F2N7O6S. The molecule has 5 heterocycles. The number of carbonyl (C=O) groups excluding carboxylic acids is 3. The molecule has 1 aromatic heterocycles. The van der Waals surface area contributed by atoms with Gasteiger partial charge in [0, 0.05) is 82.0 Å². The Bertz CT molecular complexity index is 1890. The zero-order valence-corrected chi connectivity index (χ0v) is 31.1. The Balaban J connectivity index is 0.818. The van der Waals surface area contributed by atoms with Crippen molar-refractivity contribution < 1.29 is 32.6 Å². The molecule has 0 saturated carbocycles. The number of aromatic amines is 1. The highest BCUT2D eigenvalue weighted by molar-refractivity contribution is 7.99. The lowest BCUT2D eigenvalue weighted by Crippen LogP contribution is -2.52. The summed E-state index contributed by atoms with van der Waals surface area (Å²) >= 11 is 1.74. The van der Waals surface area contributed by atoms with Crippen LogP contribution in [0.2, 0.25) is 0 Å². The number of hydrogen-bond acceptors (Lipinski definition) is 11. The van der Waals surface area contributed by atoms with Crippen molar-refractivity contribution in [3.8, 4) is 5.75 Å². The summed E-state index contributed by atoms with van der Waals surface area (Å²) in [5, 5.41) is 5.13. The number of piperidine rings is 2. The molecule has 3 aromatic rings. The smallest absolute Gasteiger partial charge is 0.261 e. The summed E-state index contributed by atoms with van der Waals surface area (Å²) in [4.78, 5) is 63.0. The van der Waals surface area contributed by atoms with Crippen LogP contribution in [0.15, 0.2) is 35.1 Å². The summed E-state index contributed by atoms with van der Waals surface area (Å²) < 4.78 is 41.5. The number of hydrogen-bond donors (Lipinski definition) is 3. The normalized spacial score (nSPS) is 21.0. The maximum atomic E-state index is 15.0. The minimum atomic E-state index is -0.866. The van der Waals surface area contributed by atoms with E-state index in [9.17, 15) is 19.2 Å². The number of nitrogens with one attached hydrogen (secondary N) is 3. The van der Waals surface area contributed by atoms with E-state index in [-0.39, 0.29) is 29.7 Å². The van der Waals surface area contributed by atoms with Gasteiger partial charge in [-0.1, -0.05) is 0 Å². The first-order chi connectivity index (χ1) is 26.2. The van der Waals surface area contributed by atoms with Crippen LogP contribution in [0, 0.1) is 17.6 Å². The van der Waals surface area contributed by atoms with Crippen molar-refractivity contribution in [3.05, 3.63) is 63.7 Å². The number of benzene rings is 2. The molecule has 7 rings (SSSR count). The molecule has 2 aromatic carbocycles. The van der Waals surface area contributed by atoms with Crippen LogP contribution in [0.4, 0.5) is 14.5 Å². The number of likely N-dealkylation sites (tertiary alicyclic amines) is 1. The van der Waals surface area contributed by atoms with Gasteiger partial charge in [-0.05, 0) is 69.3 Å². The average molecular weight is 768 g/mol. The number of H-pyrrole nitrogens is 1. The van der Waals surface area contributed by atoms with E-state index in [2.05, 4.69) is 35.3 Å². The van der Waals surface area contributed by atoms with E-state index in [1.54, 1.807) is 23.9 Å². The molecule has 4 saturated heterocycles. The number of thioether (sulfide) groups is 1. The van der Waals surface area contributed by atoms with E-state index in [1.807, 2.05) is 0 Å². The highest BCUT2D eigenvalue weighted by Crippen LogP contribution is 2.27. The number of imide groups is 1. The van der Waals surface area contributed by atoms with Crippen LogP contribution in [0.1, 0.15) is 54.7 Å². The lowest BCUT2D eigenvalue weighted by atomic mass is 9.98. The maximum Gasteiger partial charge on any atom is 0.261 e. The molecular weight excluding hydrogens is 721 g/mol. The summed E-state index contributed by atoms with van der Waals surface area (Å²) in [6.45, 7) is 8.89. The van der Waals surface area contributed by atoms with Crippen LogP contribution in [0.25, 0.3) is 10.9 Å². The van der Waals surface area contributed by atoms with Crippen molar-refractivity contribution in [2.45, 2.75) is 55.6 Å². The summed E-state index contributed by atoms with van der Waals surface area (Å²) in [5.41, 5.74) is 0.403. The summed E-state index contributed by atoms with van der Waals surface area (Å²) in [5.74, 6) is -1.12. The van der Waals surface area contributed by atoms with Gasteiger partial charge in [0.25, 0.3) is 11.5 Å². The molecule has 1 atom stereocenters. The standard InChI is InChI=1S/C38H47F2N7O6S/c39-29-19-25(1-2-28(29)36(49)42-31-3-4-34(48)44-37(31)50)47-15-13-46(14-16-47)12-11-45-9-5-24(6-10-45)22-53-26-20-30(40)35-32(21-26)41-33(43-38(35)51)23-54-27-7-17-52-18-8-27/h1-2,19-21,24,27,31H,3-18,22-23H2,(H,42,49)(H,41,43,51)(H,44,48,50). The highest BCUT2D eigenvalue weighted by atomic mass is 32.2. The van der Waals surface area contributed by atoms with Crippen molar-refractivity contribution in [2.75, 3.05) is 77.1 Å². The number of nitrogens with zero attached hydrogens (tertiary/aromatic N) is 4. The van der Waals surface area contributed by atoms with Gasteiger partial charge in [0.1, 0.15) is 34.6 Å². The van der Waals surface area contributed by atoms with E-state index in [0.29, 0.717) is 46.3 Å². The first kappa shape index (κ1) is 38.2. The predicted molar refractivity (Wildman–Crippen MR) is 201 cm³/mol. The fourth-order valence-electron chi connectivity index (χ4n) is 7.49. The average Bonchev–Trinajstić information content (AvgIpc) is 3.17. The second-order valence-electron chi connectivity index (χ2n) is 14.5. The second kappa shape index (κ2) is 17.6. The largest absolute Gasteiger partial charge is 0.493 e. The Morgan fingerprint density at radius 3 is 2.39 bits per heavy atom. The number of carbonyl (C=O) groups is 3. The number of ether oxygens (including phenoxy) is 2. The van der Waals surface area contributed by atoms with Crippen molar-refractivity contribution in [3.63, 3.8) is 0 Å². The molecule has 0 aliphatic carbocycles. The van der Waals surface area contributed by atoms with Crippen LogP contribution >= 0.6 is 11.8 Å². The Hall–Kier alpha value is -4.12. The van der Waals surface area contributed by atoms with Crippen molar-refractivity contribution in [1.82, 2.24) is 30.4 Å². The lowest BCUT2D eigenvalue weighted by Gasteiger charge is -2.38. The lowest BCUT2D eigenvalue weighted by molar-refractivity contribution is -0.134. The Kier molecular flexibility index (Phi) is 12.4. The molecule has 13 nitrogen and oxygen atoms in total. The molecule has 3 N–H and O–H groups in total. The van der Waals surface area contributed by atoms with E-state index < -0.39 is 35.0 Å². The number of fused-ring (bicyclic) bond motifs is 1. The quantitative estimate of drug-likeness (QED) is 0.234. The van der Waals surface area contributed by atoms with Crippen LogP contribution in [0.3, 0.4) is 0 Å². The Morgan fingerprint density at radius 1 is 0.926 bits per heavy atom. The topological polar surface area (TPSA) is 149 Å². The first-order valence-electron chi connectivity index (χ1n) is 18.9. The monoisotopic (exact) mass is 767 g/mol. The maximum absolute atomic E-state index is 15.0. The van der Waals surface area contributed by atoms with Crippen LogP contribution < -0.4 is 25.8 Å². The van der Waals surface area contributed by atoms with Crippen molar-refractivity contribution >= 4 is 46.1 Å². The number of amides is 3. The second-order valence-corrected chi connectivity index (χ2v) is 15.8. The van der Waals surface area contributed by atoms with Gasteiger partial charge in [-0.3, -0.25) is 29.4 Å². The molecule has 16 heteroatoms. The molecule has 4 aliphatic rings. The summed E-state index contributed by atoms with van der Waals surface area (Å²) in [6.07, 6.45) is 4.20. The molecule has 0 radical (unpaired) electrons. The number of aromatic nitrogens is 2. The van der Waals surface area contributed by atoms with Gasteiger partial charge < -0.3 is 29.6 Å². The minimum absolute atomic E-state index is 0.0456. The number of piperazine rings is 1. The van der Waals surface area contributed by atoms with Gasteiger partial charge >= 0.3 is 0 Å². The first-order valence-corrected chi connectivity index (χ1v) is 19.9. The fraction of sp³-hybridized carbons (Fsp3) is 0.553. The molecule has 0 spiro atoms. The Labute approximate surface area is 316 Å². The minimum Gasteiger partial charge on any atom is -0.493 e. The third-order valence-electron chi connectivity index (χ3n) is 10.8. The van der Waals surface area contributed by atoms with E-state index >= 15 is 8.78 Å². The molecule has 3 amide bonds. The molecule has 0 bridgehead atoms. The zero-order chi connectivity index (χ0) is 37.6. The molecule has 1 unspecified atom stereocenters. The van der Waals surface area contributed by atoms with Crippen LogP contribution in [-0.2, 0) is 20.1 Å². The molecule has 4 fully saturated rings. The zero-order valence-electron chi connectivity index (χ0n) is 30.2. The molecule has 290 valence electrons. The van der Waals surface area contributed by atoms with Gasteiger partial charge in [-0.15, -0.1) is 0 Å². The number of halogens is 2. The summed E-state index contributed by atoms with van der Waals surface area (Å²) in [6, 6.07) is 6.61. The van der Waals surface area contributed by atoms with Gasteiger partial charge in [0.05, 0.1) is 23.4 Å². The number of anilines is 1. The van der Waals surface area contributed by atoms with Gasteiger partial charge in [0.2, 0.25) is 11.8 Å². The van der Waals surface area contributed by atoms with Crippen LogP contribution in [0.5, 0.6) is 5.75 Å². The molecule has 54 heavy (non-hydrogen) atoms. The predicted octanol–water partition coefficient (Wildman–Crippen LogP) is 3.06. The van der Waals surface area contributed by atoms with Crippen molar-refractivity contribution in [2.24, 2.45) is 5.92 Å². The van der Waals surface area contributed by atoms with Crippen molar-refractivity contribution in [1.29, 1.82) is 0 Å². The third-order valence-corrected chi connectivity index (χ3v) is 12.2. The third kappa shape index (κ3) is 9.57. The van der Waals surface area contributed by atoms with E-state index in [4.69, 9.17) is 9.47 Å². The highest BCUT2D eigenvalue weighted by Gasteiger charge is 2.29. The summed E-state index contributed by atoms with van der Waals surface area (Å²) in [7, 11) is 0. The number of rotatable bonds is 12. The van der Waals surface area contributed by atoms with Gasteiger partial charge in [0.15, 0.2) is 0 Å². The van der Waals surface area contributed by atoms with Gasteiger partial charge in [-0.25, -0.2) is 13.8 Å². The SMILES string of the molecule is O=C1CCC(NC(=O)c2ccc(N3CCN(CCN4CCC(COc5cc(F)c6c(=O)[nH]c(CSC7CCOCC7)nc6c5)CC4)CC3)cc2F)C(=O)N1. The van der Waals surface area contributed by atoms with E-state index in [1.165, 1.54) is 18.2 Å².